The van der Waals surface area contributed by atoms with Gasteiger partial charge in [-0.25, -0.2) is 13.2 Å². The van der Waals surface area contributed by atoms with Crippen LogP contribution in [0.4, 0.5) is 13.2 Å². The third-order valence-electron chi connectivity index (χ3n) is 8.61. The van der Waals surface area contributed by atoms with Crippen LogP contribution in [0.3, 0.4) is 0 Å². The van der Waals surface area contributed by atoms with E-state index in [4.69, 9.17) is 20.9 Å². The van der Waals surface area contributed by atoms with E-state index in [0.717, 1.165) is 34.4 Å². The van der Waals surface area contributed by atoms with Gasteiger partial charge in [-0.2, -0.15) is 0 Å². The van der Waals surface area contributed by atoms with Crippen LogP contribution in [0.1, 0.15) is 22.3 Å². The van der Waals surface area contributed by atoms with Crippen LogP contribution in [0.5, 0.6) is 23.0 Å². The lowest BCUT2D eigenvalue weighted by Crippen LogP contribution is -2.15. The number of amidine groups is 2. The Morgan fingerprint density at radius 1 is 0.545 bits per heavy atom. The summed E-state index contributed by atoms with van der Waals surface area (Å²) in [4.78, 5) is 0. The average Bonchev–Trinajstić information content (AvgIpc) is 3.17. The van der Waals surface area contributed by atoms with Gasteiger partial charge < -0.3 is 41.6 Å². The van der Waals surface area contributed by atoms with Gasteiger partial charge in [-0.1, -0.05) is 58.8 Å². The Kier molecular flexibility index (Phi) is 11.8. The van der Waals surface area contributed by atoms with E-state index < -0.39 is 17.5 Å². The number of methoxy groups -OCH3 is 2. The van der Waals surface area contributed by atoms with E-state index in [1.807, 2.05) is 19.9 Å². The first-order valence-electron chi connectivity index (χ1n) is 16.5. The highest BCUT2D eigenvalue weighted by atomic mass is 19.1. The van der Waals surface area contributed by atoms with Gasteiger partial charge in [-0.3, -0.25) is 0 Å². The van der Waals surface area contributed by atoms with Gasteiger partial charge in [-0.15, -0.1) is 0 Å². The number of oxime groups is 2. The molecular weight excluding hydrogens is 713 g/mol. The number of hydrogen-bond acceptors (Lipinski definition) is 8. The van der Waals surface area contributed by atoms with Crippen LogP contribution in [0, 0.1) is 31.3 Å². The summed E-state index contributed by atoms with van der Waals surface area (Å²) in [5.41, 5.74) is 18.4. The molecule has 6 rings (SSSR count). The fourth-order valence-corrected chi connectivity index (χ4v) is 6.27. The molecule has 0 atom stereocenters. The Bertz CT molecular complexity index is 2420. The third kappa shape index (κ3) is 8.25. The standard InChI is InChI=1S/C21H18F2N2O3.C21H19FN2O3/c1-11-7-15(12-3-5-14(26)6-4-12)19(17(8-11)21(24)25-27)16-9-13(22)10-18(23)20(16)28-2;1-12-10-16(13-6-8-14(25)9-7-13)19(17(11-12)21(23)24-26)15-4-3-5-18(22)20(15)27-2/h3-10,26-27H,1-2H3,(H2,24,25);3-11,25-26H,1-2H3,(H2,23,24). The number of para-hydroxylation sites is 1. The first-order valence-corrected chi connectivity index (χ1v) is 16.5. The van der Waals surface area contributed by atoms with Gasteiger partial charge in [0.05, 0.1) is 14.2 Å². The maximum Gasteiger partial charge on any atom is 0.170 e. The molecule has 13 heteroatoms. The predicted octanol–water partition coefficient (Wildman–Crippen LogP) is 8.69. The number of rotatable bonds is 8. The van der Waals surface area contributed by atoms with Gasteiger partial charge in [-0.05, 0) is 95.8 Å². The number of halogens is 3. The molecule has 0 heterocycles. The molecule has 6 aromatic rings. The van der Waals surface area contributed by atoms with Crippen molar-refractivity contribution in [3.63, 3.8) is 0 Å². The van der Waals surface area contributed by atoms with Crippen LogP contribution in [-0.2, 0) is 0 Å². The number of benzene rings is 6. The summed E-state index contributed by atoms with van der Waals surface area (Å²) in [5.74, 6) is -2.40. The van der Waals surface area contributed by atoms with Gasteiger partial charge >= 0.3 is 0 Å². The topological polar surface area (TPSA) is 176 Å². The molecule has 282 valence electrons. The molecule has 0 fully saturated rings. The van der Waals surface area contributed by atoms with Crippen molar-refractivity contribution in [1.29, 1.82) is 0 Å². The number of aryl methyl sites for hydroxylation is 2. The van der Waals surface area contributed by atoms with E-state index >= 15 is 0 Å². The molecule has 0 amide bonds. The largest absolute Gasteiger partial charge is 0.508 e. The average molecular weight is 751 g/mol. The van der Waals surface area contributed by atoms with E-state index in [1.165, 1.54) is 32.4 Å². The van der Waals surface area contributed by atoms with Crippen LogP contribution in [-0.4, -0.2) is 46.5 Å². The molecule has 8 N–H and O–H groups in total. The maximum atomic E-state index is 14.4. The molecule has 0 saturated heterocycles. The predicted molar refractivity (Wildman–Crippen MR) is 205 cm³/mol. The highest BCUT2D eigenvalue weighted by Gasteiger charge is 2.24. The van der Waals surface area contributed by atoms with Crippen molar-refractivity contribution in [2.75, 3.05) is 14.2 Å². The summed E-state index contributed by atoms with van der Waals surface area (Å²) < 4.78 is 53.2. The van der Waals surface area contributed by atoms with Gasteiger partial charge in [0.15, 0.2) is 34.8 Å². The number of phenols is 2. The van der Waals surface area contributed by atoms with E-state index in [2.05, 4.69) is 10.3 Å². The summed E-state index contributed by atoms with van der Waals surface area (Å²) in [6, 6.07) is 26.5. The fraction of sp³-hybridized carbons (Fsp3) is 0.0952. The molecule has 6 aromatic carbocycles. The van der Waals surface area contributed by atoms with E-state index in [1.54, 1.807) is 66.7 Å². The van der Waals surface area contributed by atoms with Gasteiger partial charge in [0.2, 0.25) is 0 Å². The molecule has 0 spiro atoms. The third-order valence-corrected chi connectivity index (χ3v) is 8.61. The summed E-state index contributed by atoms with van der Waals surface area (Å²) in [6.07, 6.45) is 0. The van der Waals surface area contributed by atoms with Gasteiger partial charge in [0, 0.05) is 39.4 Å². The van der Waals surface area contributed by atoms with Crippen LogP contribution < -0.4 is 20.9 Å². The molecule has 0 unspecified atom stereocenters. The van der Waals surface area contributed by atoms with Crippen LogP contribution in [0.15, 0.2) is 113 Å². The summed E-state index contributed by atoms with van der Waals surface area (Å²) in [5, 5.41) is 43.9. The van der Waals surface area contributed by atoms with Crippen LogP contribution in [0.2, 0.25) is 0 Å². The Morgan fingerprint density at radius 2 is 0.982 bits per heavy atom. The monoisotopic (exact) mass is 750 g/mol. The second kappa shape index (κ2) is 16.7. The van der Waals surface area contributed by atoms with E-state index in [9.17, 15) is 33.8 Å². The van der Waals surface area contributed by atoms with Crippen molar-refractivity contribution >= 4 is 11.7 Å². The number of nitrogens with two attached hydrogens (primary N) is 2. The van der Waals surface area contributed by atoms with Crippen molar-refractivity contribution in [3.05, 3.63) is 143 Å². The molecule has 0 bridgehead atoms. The van der Waals surface area contributed by atoms with E-state index in [0.29, 0.717) is 33.4 Å². The normalized spacial score (nSPS) is 11.5. The first-order chi connectivity index (χ1) is 26.3. The minimum atomic E-state index is -0.875. The Labute approximate surface area is 314 Å². The Hall–Kier alpha value is -7.15. The Balaban J connectivity index is 0.000000211. The quantitative estimate of drug-likeness (QED) is 0.0387. The zero-order valence-corrected chi connectivity index (χ0v) is 30.1. The highest BCUT2D eigenvalue weighted by molar-refractivity contribution is 6.08. The first kappa shape index (κ1) is 39.1. The second-order valence-corrected chi connectivity index (χ2v) is 12.3. The van der Waals surface area contributed by atoms with E-state index in [-0.39, 0.29) is 45.8 Å². The number of hydrogen-bond donors (Lipinski definition) is 6. The maximum absolute atomic E-state index is 14.4. The van der Waals surface area contributed by atoms with Crippen molar-refractivity contribution < 1.29 is 43.3 Å². The van der Waals surface area contributed by atoms with Crippen molar-refractivity contribution in [3.8, 4) is 67.5 Å². The number of aromatic hydroxyl groups is 2. The van der Waals surface area contributed by atoms with Crippen LogP contribution in [0.25, 0.3) is 44.5 Å². The van der Waals surface area contributed by atoms with Gasteiger partial charge in [0.1, 0.15) is 17.3 Å². The highest BCUT2D eigenvalue weighted by Crippen LogP contribution is 2.43. The lowest BCUT2D eigenvalue weighted by atomic mass is 9.87. The lowest BCUT2D eigenvalue weighted by molar-refractivity contribution is 0.318. The number of nitrogens with zero attached hydrogens (tertiary/aromatic N) is 2. The molecule has 0 aliphatic heterocycles. The summed E-state index contributed by atoms with van der Waals surface area (Å²) in [6.45, 7) is 3.69. The fourth-order valence-electron chi connectivity index (χ4n) is 6.27. The molecule has 55 heavy (non-hydrogen) atoms. The zero-order chi connectivity index (χ0) is 40.0. The minimum absolute atomic E-state index is 0.0633. The number of ether oxygens (including phenoxy) is 2. The SMILES string of the molecule is COc1c(F)cc(F)cc1-c1c(C(N)=NO)cc(C)cc1-c1ccc(O)cc1.COc1c(F)cccc1-c1c(C(N)=NO)cc(C)cc1-c1ccc(O)cc1. The number of phenolic OH excluding ortho intramolecular Hbond substituents is 2. The molecule has 0 radical (unpaired) electrons. The summed E-state index contributed by atoms with van der Waals surface area (Å²) >= 11 is 0. The summed E-state index contributed by atoms with van der Waals surface area (Å²) in [7, 11) is 2.66. The zero-order valence-electron chi connectivity index (χ0n) is 30.1. The van der Waals surface area contributed by atoms with Crippen molar-refractivity contribution in [2.45, 2.75) is 13.8 Å². The van der Waals surface area contributed by atoms with Crippen molar-refractivity contribution in [2.24, 2.45) is 21.8 Å². The smallest absolute Gasteiger partial charge is 0.170 e. The van der Waals surface area contributed by atoms with Gasteiger partial charge in [0.25, 0.3) is 0 Å². The molecule has 10 nitrogen and oxygen atoms in total. The van der Waals surface area contributed by atoms with Crippen LogP contribution >= 0.6 is 0 Å². The lowest BCUT2D eigenvalue weighted by Gasteiger charge is -2.19. The molecule has 0 saturated carbocycles. The molecule has 0 aliphatic rings. The molecular formula is C42H37F3N4O6. The second-order valence-electron chi connectivity index (χ2n) is 12.3. The Morgan fingerprint density at radius 3 is 1.42 bits per heavy atom. The molecule has 0 aliphatic carbocycles. The molecule has 0 aromatic heterocycles. The van der Waals surface area contributed by atoms with Crippen molar-refractivity contribution in [1.82, 2.24) is 0 Å². The minimum Gasteiger partial charge on any atom is -0.508 e.